The van der Waals surface area contributed by atoms with Crippen LogP contribution in [-0.2, 0) is 0 Å². The molecule has 0 bridgehead atoms. The van der Waals surface area contributed by atoms with Gasteiger partial charge >= 0.3 is 5.00 Å². The third-order valence-corrected chi connectivity index (χ3v) is 1.85. The van der Waals surface area contributed by atoms with E-state index in [-0.39, 0.29) is 14.8 Å². The molecule has 0 unspecified atom stereocenters. The molecule has 0 amide bonds. The Balaban J connectivity index is 2.92. The summed E-state index contributed by atoms with van der Waals surface area (Å²) in [5.74, 6) is 0. The summed E-state index contributed by atoms with van der Waals surface area (Å²) in [5, 5.41) is 10.2. The molecule has 12 heavy (non-hydrogen) atoms. The molecular formula is C4HCl2N3O2S. The molecule has 0 saturated heterocycles. The van der Waals surface area contributed by atoms with Crippen molar-refractivity contribution in [3.8, 4) is 0 Å². The van der Waals surface area contributed by atoms with Crippen LogP contribution in [0.5, 0.6) is 0 Å². The highest BCUT2D eigenvalue weighted by atomic mass is 35.5. The first-order chi connectivity index (χ1) is 5.59. The molecule has 0 aliphatic carbocycles. The third-order valence-electron chi connectivity index (χ3n) is 0.841. The zero-order valence-electron chi connectivity index (χ0n) is 5.40. The lowest BCUT2D eigenvalue weighted by molar-refractivity contribution is -0.380. The summed E-state index contributed by atoms with van der Waals surface area (Å²) in [5.41, 5.74) is 0. The fourth-order valence-corrected chi connectivity index (χ4v) is 1.33. The first kappa shape index (κ1) is 9.37. The van der Waals surface area contributed by atoms with Crippen LogP contribution in [-0.4, -0.2) is 14.5 Å². The minimum Gasteiger partial charge on any atom is -0.257 e. The molecule has 0 aliphatic heterocycles. The van der Waals surface area contributed by atoms with Crippen LogP contribution in [0.25, 0.3) is 0 Å². The molecule has 0 aliphatic rings. The van der Waals surface area contributed by atoms with Gasteiger partial charge in [0.05, 0.1) is 4.92 Å². The van der Waals surface area contributed by atoms with E-state index in [4.69, 9.17) is 23.2 Å². The zero-order valence-corrected chi connectivity index (χ0v) is 7.73. The van der Waals surface area contributed by atoms with Gasteiger partial charge < -0.3 is 0 Å². The van der Waals surface area contributed by atoms with Gasteiger partial charge in [-0.2, -0.15) is 4.99 Å². The Bertz CT molecular complexity index is 333. The average molecular weight is 226 g/mol. The van der Waals surface area contributed by atoms with E-state index < -0.39 is 4.92 Å². The summed E-state index contributed by atoms with van der Waals surface area (Å²) < 4.78 is -0.223. The Kier molecular flexibility index (Phi) is 2.96. The lowest BCUT2D eigenvalue weighted by atomic mass is 10.9. The predicted octanol–water partition coefficient (Wildman–Crippen LogP) is 2.52. The molecule has 0 aromatic carbocycles. The van der Waals surface area contributed by atoms with Crippen LogP contribution in [0.4, 0.5) is 10.1 Å². The van der Waals surface area contributed by atoms with Gasteiger partial charge in [0.1, 0.15) is 6.20 Å². The maximum atomic E-state index is 10.2. The maximum absolute atomic E-state index is 10.2. The first-order valence-electron chi connectivity index (χ1n) is 2.59. The summed E-state index contributed by atoms with van der Waals surface area (Å²) in [6, 6.07) is 0. The highest BCUT2D eigenvalue weighted by Crippen LogP contribution is 2.27. The Morgan fingerprint density at radius 2 is 2.42 bits per heavy atom. The average Bonchev–Trinajstić information content (AvgIpc) is 2.34. The number of aromatic nitrogens is 1. The van der Waals surface area contributed by atoms with Crippen LogP contribution in [0.15, 0.2) is 11.2 Å². The van der Waals surface area contributed by atoms with Gasteiger partial charge in [-0.15, -0.1) is 0 Å². The van der Waals surface area contributed by atoms with Crippen molar-refractivity contribution in [2.24, 2.45) is 4.99 Å². The molecule has 1 rings (SSSR count). The molecule has 0 fully saturated rings. The molecule has 64 valence electrons. The molecule has 5 nitrogen and oxygen atoms in total. The van der Waals surface area contributed by atoms with E-state index in [2.05, 4.69) is 9.98 Å². The molecular weight excluding hydrogens is 225 g/mol. The number of nitrogens with zero attached hydrogens (tertiary/aromatic N) is 3. The minimum atomic E-state index is -0.557. The van der Waals surface area contributed by atoms with Gasteiger partial charge in [0.2, 0.25) is 5.13 Å². The first-order valence-corrected chi connectivity index (χ1v) is 4.17. The van der Waals surface area contributed by atoms with Crippen LogP contribution >= 0.6 is 34.5 Å². The fourth-order valence-electron chi connectivity index (χ4n) is 0.465. The van der Waals surface area contributed by atoms with E-state index in [1.165, 1.54) is 0 Å². The van der Waals surface area contributed by atoms with E-state index in [1.807, 2.05) is 0 Å². The van der Waals surface area contributed by atoms with E-state index in [0.717, 1.165) is 17.5 Å². The summed E-state index contributed by atoms with van der Waals surface area (Å²) in [6.45, 7) is 0. The van der Waals surface area contributed by atoms with Crippen molar-refractivity contribution in [2.75, 3.05) is 0 Å². The second kappa shape index (κ2) is 3.79. The molecule has 1 aromatic heterocycles. The van der Waals surface area contributed by atoms with Crippen molar-refractivity contribution in [1.82, 2.24) is 4.98 Å². The molecule has 8 heteroatoms. The van der Waals surface area contributed by atoms with E-state index in [9.17, 15) is 10.1 Å². The van der Waals surface area contributed by atoms with E-state index >= 15 is 0 Å². The lowest BCUT2D eigenvalue weighted by Gasteiger charge is -1.79. The molecule has 1 heterocycles. The maximum Gasteiger partial charge on any atom is 0.345 e. The van der Waals surface area contributed by atoms with Crippen LogP contribution in [0.3, 0.4) is 0 Å². The second-order valence-corrected chi connectivity index (χ2v) is 3.49. The third kappa shape index (κ3) is 2.40. The number of aliphatic imine (C=N–C) groups is 1. The van der Waals surface area contributed by atoms with Crippen LogP contribution in [0.1, 0.15) is 0 Å². The van der Waals surface area contributed by atoms with Gasteiger partial charge in [-0.25, -0.2) is 4.98 Å². The smallest absolute Gasteiger partial charge is 0.257 e. The standard InChI is InChI=1S/C4HCl2N3O2S/c5-3(6)8-4-7-1-2(12-4)9(10)11/h1H. The summed E-state index contributed by atoms with van der Waals surface area (Å²) >= 11 is 11.2. The summed E-state index contributed by atoms with van der Waals surface area (Å²) in [7, 11) is 0. The highest BCUT2D eigenvalue weighted by molar-refractivity contribution is 7.18. The number of rotatable bonds is 2. The molecule has 0 saturated carbocycles. The second-order valence-electron chi connectivity index (χ2n) is 1.59. The number of hydrogen-bond acceptors (Lipinski definition) is 5. The van der Waals surface area contributed by atoms with Gasteiger partial charge in [-0.3, -0.25) is 10.1 Å². The fraction of sp³-hybridized carbons (Fsp3) is 0. The van der Waals surface area contributed by atoms with Gasteiger partial charge in [0.15, 0.2) is 4.63 Å². The van der Waals surface area contributed by atoms with Crippen molar-refractivity contribution in [3.63, 3.8) is 0 Å². The zero-order chi connectivity index (χ0) is 9.14. The Morgan fingerprint density at radius 3 is 2.83 bits per heavy atom. The Morgan fingerprint density at radius 1 is 1.75 bits per heavy atom. The number of hydrogen-bond donors (Lipinski definition) is 0. The van der Waals surface area contributed by atoms with Crippen LogP contribution in [0, 0.1) is 10.1 Å². The van der Waals surface area contributed by atoms with Crippen molar-refractivity contribution in [1.29, 1.82) is 0 Å². The minimum absolute atomic E-state index is 0.0941. The molecule has 1 aromatic rings. The predicted molar refractivity (Wildman–Crippen MR) is 47.6 cm³/mol. The van der Waals surface area contributed by atoms with Crippen molar-refractivity contribution >= 4 is 49.3 Å². The van der Waals surface area contributed by atoms with E-state index in [0.29, 0.717) is 0 Å². The highest BCUT2D eigenvalue weighted by Gasteiger charge is 2.10. The Labute approximate surface area is 80.8 Å². The topological polar surface area (TPSA) is 68.4 Å². The molecule has 0 atom stereocenters. The van der Waals surface area contributed by atoms with Gasteiger partial charge in [-0.1, -0.05) is 0 Å². The largest absolute Gasteiger partial charge is 0.345 e. The van der Waals surface area contributed by atoms with Crippen molar-refractivity contribution < 1.29 is 4.92 Å². The Hall–Kier alpha value is -0.720. The SMILES string of the molecule is O=[N+]([O-])c1cnc(N=C(Cl)Cl)s1. The van der Waals surface area contributed by atoms with Crippen molar-refractivity contribution in [2.45, 2.75) is 0 Å². The lowest BCUT2D eigenvalue weighted by Crippen LogP contribution is -1.80. The monoisotopic (exact) mass is 225 g/mol. The van der Waals surface area contributed by atoms with Crippen molar-refractivity contribution in [3.05, 3.63) is 16.3 Å². The summed E-state index contributed by atoms with van der Waals surface area (Å²) in [4.78, 5) is 16.7. The van der Waals surface area contributed by atoms with Gasteiger partial charge in [0.25, 0.3) is 0 Å². The number of thiazole rings is 1. The number of nitro groups is 1. The van der Waals surface area contributed by atoms with Crippen LogP contribution < -0.4 is 0 Å². The normalized spacial score (nSPS) is 9.50. The van der Waals surface area contributed by atoms with E-state index in [1.54, 1.807) is 0 Å². The molecule has 0 spiro atoms. The quantitative estimate of drug-likeness (QED) is 0.442. The van der Waals surface area contributed by atoms with Crippen LogP contribution in [0.2, 0.25) is 0 Å². The number of halogens is 2. The summed E-state index contributed by atoms with van der Waals surface area (Å²) in [6.07, 6.45) is 1.10. The van der Waals surface area contributed by atoms with Gasteiger partial charge in [-0.05, 0) is 34.5 Å². The molecule has 0 radical (unpaired) electrons. The molecule has 0 N–H and O–H groups in total. The van der Waals surface area contributed by atoms with Gasteiger partial charge in [0, 0.05) is 0 Å².